The number of anilines is 1. The number of hydrogen-bond donors (Lipinski definition) is 2. The Morgan fingerprint density at radius 2 is 1.76 bits per heavy atom. The summed E-state index contributed by atoms with van der Waals surface area (Å²) in [6.07, 6.45) is -0.808. The number of carbonyl (C=O) groups excluding carboxylic acids is 1. The number of likely N-dealkylation sites (N-methyl/N-ethyl adjacent to an activating group) is 1. The highest BCUT2D eigenvalue weighted by Gasteiger charge is 2.15. The van der Waals surface area contributed by atoms with Crippen LogP contribution in [-0.2, 0) is 0 Å². The number of urea groups is 1. The van der Waals surface area contributed by atoms with Crippen LogP contribution in [0.1, 0.15) is 25.5 Å². The second-order valence-corrected chi connectivity index (χ2v) is 6.07. The van der Waals surface area contributed by atoms with Gasteiger partial charge in [0.15, 0.2) is 0 Å². The van der Waals surface area contributed by atoms with Crippen LogP contribution in [0.4, 0.5) is 14.9 Å². The van der Waals surface area contributed by atoms with Gasteiger partial charge in [-0.15, -0.1) is 0 Å². The maximum absolute atomic E-state index is 12.9. The topological polar surface area (TPSA) is 61.8 Å². The Hall–Kier alpha value is -2.60. The SMILES string of the molecule is CC(C)Oc1ccc(NC(=O)N(C)C[C@H](O)c2ccc(F)cc2)cc1. The number of nitrogens with zero attached hydrogens (tertiary/aromatic N) is 1. The van der Waals surface area contributed by atoms with E-state index in [1.807, 2.05) is 13.8 Å². The molecule has 2 aromatic carbocycles. The Kier molecular flexibility index (Phi) is 6.36. The summed E-state index contributed by atoms with van der Waals surface area (Å²) in [6.45, 7) is 3.97. The van der Waals surface area contributed by atoms with Gasteiger partial charge in [-0.25, -0.2) is 9.18 Å². The highest BCUT2D eigenvalue weighted by molar-refractivity contribution is 5.89. The Morgan fingerprint density at radius 1 is 1.16 bits per heavy atom. The first kappa shape index (κ1) is 18.7. The van der Waals surface area contributed by atoms with Gasteiger partial charge in [0.05, 0.1) is 18.8 Å². The third-order valence-electron chi connectivity index (χ3n) is 3.53. The Morgan fingerprint density at radius 3 is 2.32 bits per heavy atom. The van der Waals surface area contributed by atoms with Crippen molar-refractivity contribution in [2.24, 2.45) is 0 Å². The first-order valence-corrected chi connectivity index (χ1v) is 8.07. The van der Waals surface area contributed by atoms with Crippen molar-refractivity contribution in [3.8, 4) is 5.75 Å². The molecule has 5 nitrogen and oxygen atoms in total. The third kappa shape index (κ3) is 5.76. The van der Waals surface area contributed by atoms with E-state index in [0.29, 0.717) is 11.3 Å². The fourth-order valence-electron chi connectivity index (χ4n) is 2.24. The van der Waals surface area contributed by atoms with E-state index in [1.54, 1.807) is 31.3 Å². The Labute approximate surface area is 147 Å². The minimum absolute atomic E-state index is 0.0829. The highest BCUT2D eigenvalue weighted by Crippen LogP contribution is 2.18. The van der Waals surface area contributed by atoms with Gasteiger partial charge in [-0.3, -0.25) is 0 Å². The summed E-state index contributed by atoms with van der Waals surface area (Å²) in [7, 11) is 1.58. The molecule has 0 saturated heterocycles. The second kappa shape index (κ2) is 8.48. The number of aliphatic hydroxyl groups excluding tert-OH is 1. The number of hydrogen-bond acceptors (Lipinski definition) is 3. The molecule has 2 aromatic rings. The lowest BCUT2D eigenvalue weighted by Gasteiger charge is -2.21. The fraction of sp³-hybridized carbons (Fsp3) is 0.316. The Balaban J connectivity index is 1.90. The lowest BCUT2D eigenvalue weighted by molar-refractivity contribution is 0.136. The van der Waals surface area contributed by atoms with Gasteiger partial charge in [-0.2, -0.15) is 0 Å². The molecular formula is C19H23FN2O3. The summed E-state index contributed by atoms with van der Waals surface area (Å²) in [6, 6.07) is 12.3. The molecule has 0 aliphatic rings. The molecule has 0 heterocycles. The van der Waals surface area contributed by atoms with E-state index in [1.165, 1.54) is 29.2 Å². The maximum Gasteiger partial charge on any atom is 0.321 e. The van der Waals surface area contributed by atoms with E-state index < -0.39 is 6.10 Å². The van der Waals surface area contributed by atoms with Crippen LogP contribution in [0.15, 0.2) is 48.5 Å². The van der Waals surface area contributed by atoms with E-state index in [0.717, 1.165) is 5.75 Å². The van der Waals surface area contributed by atoms with Crippen LogP contribution in [0.3, 0.4) is 0 Å². The Bertz CT molecular complexity index is 687. The standard InChI is InChI=1S/C19H23FN2O3/c1-13(2)25-17-10-8-16(9-11-17)21-19(24)22(3)12-18(23)14-4-6-15(20)7-5-14/h4-11,13,18,23H,12H2,1-3H3,(H,21,24)/t18-/m0/s1. The van der Waals surface area contributed by atoms with E-state index in [-0.39, 0.29) is 24.5 Å². The molecule has 134 valence electrons. The molecule has 0 saturated carbocycles. The second-order valence-electron chi connectivity index (χ2n) is 6.07. The molecule has 0 bridgehead atoms. The molecule has 0 spiro atoms. The molecule has 1 atom stereocenters. The number of amides is 2. The normalized spacial score (nSPS) is 11.9. The van der Waals surface area contributed by atoms with E-state index in [9.17, 15) is 14.3 Å². The summed E-state index contributed by atoms with van der Waals surface area (Å²) < 4.78 is 18.5. The van der Waals surface area contributed by atoms with Crippen molar-refractivity contribution >= 4 is 11.7 Å². The molecule has 0 radical (unpaired) electrons. The van der Waals surface area contributed by atoms with Crippen LogP contribution >= 0.6 is 0 Å². The fourth-order valence-corrected chi connectivity index (χ4v) is 2.24. The molecule has 25 heavy (non-hydrogen) atoms. The molecule has 0 aromatic heterocycles. The average molecular weight is 346 g/mol. The molecule has 0 aliphatic carbocycles. The maximum atomic E-state index is 12.9. The van der Waals surface area contributed by atoms with Crippen molar-refractivity contribution in [1.82, 2.24) is 4.90 Å². The van der Waals surface area contributed by atoms with Crippen LogP contribution in [0.2, 0.25) is 0 Å². The van der Waals surface area contributed by atoms with Gasteiger partial charge in [-0.1, -0.05) is 12.1 Å². The zero-order valence-corrected chi connectivity index (χ0v) is 14.6. The highest BCUT2D eigenvalue weighted by atomic mass is 19.1. The number of nitrogens with one attached hydrogen (secondary N) is 1. The van der Waals surface area contributed by atoms with Crippen LogP contribution in [0, 0.1) is 5.82 Å². The monoisotopic (exact) mass is 346 g/mol. The van der Waals surface area contributed by atoms with Crippen molar-refractivity contribution < 1.29 is 19.0 Å². The predicted molar refractivity (Wildman–Crippen MR) is 95.2 cm³/mol. The summed E-state index contributed by atoms with van der Waals surface area (Å²) >= 11 is 0. The molecule has 6 heteroatoms. The van der Waals surface area contributed by atoms with Crippen molar-refractivity contribution in [3.63, 3.8) is 0 Å². The van der Waals surface area contributed by atoms with E-state index in [4.69, 9.17) is 4.74 Å². The number of carbonyl (C=O) groups is 1. The van der Waals surface area contributed by atoms with Gasteiger partial charge < -0.3 is 20.1 Å². The summed E-state index contributed by atoms with van der Waals surface area (Å²) in [5.41, 5.74) is 1.18. The third-order valence-corrected chi connectivity index (χ3v) is 3.53. The smallest absolute Gasteiger partial charge is 0.321 e. The van der Waals surface area contributed by atoms with Gasteiger partial charge in [0.25, 0.3) is 0 Å². The zero-order chi connectivity index (χ0) is 18.4. The zero-order valence-electron chi connectivity index (χ0n) is 14.6. The minimum Gasteiger partial charge on any atom is -0.491 e. The van der Waals surface area contributed by atoms with Crippen molar-refractivity contribution in [1.29, 1.82) is 0 Å². The molecular weight excluding hydrogens is 323 g/mol. The summed E-state index contributed by atoms with van der Waals surface area (Å²) in [5.74, 6) is 0.361. The van der Waals surface area contributed by atoms with Crippen LogP contribution in [-0.4, -0.2) is 35.7 Å². The lowest BCUT2D eigenvalue weighted by Crippen LogP contribution is -2.34. The van der Waals surface area contributed by atoms with Crippen molar-refractivity contribution in [2.45, 2.75) is 26.1 Å². The molecule has 0 fully saturated rings. The minimum atomic E-state index is -0.891. The van der Waals surface area contributed by atoms with E-state index >= 15 is 0 Å². The first-order chi connectivity index (χ1) is 11.8. The van der Waals surface area contributed by atoms with Gasteiger partial charge >= 0.3 is 6.03 Å². The molecule has 2 rings (SSSR count). The van der Waals surface area contributed by atoms with Crippen LogP contribution in [0.5, 0.6) is 5.75 Å². The molecule has 2 amide bonds. The number of ether oxygens (including phenoxy) is 1. The molecule has 0 aliphatic heterocycles. The summed E-state index contributed by atoms with van der Waals surface area (Å²) in [5, 5.41) is 12.9. The largest absolute Gasteiger partial charge is 0.491 e. The van der Waals surface area contributed by atoms with Gasteiger partial charge in [0.2, 0.25) is 0 Å². The quantitative estimate of drug-likeness (QED) is 0.836. The molecule has 0 unspecified atom stereocenters. The average Bonchev–Trinajstić information content (AvgIpc) is 2.56. The first-order valence-electron chi connectivity index (χ1n) is 8.07. The van der Waals surface area contributed by atoms with Gasteiger partial charge in [0.1, 0.15) is 11.6 Å². The number of benzene rings is 2. The van der Waals surface area contributed by atoms with Gasteiger partial charge in [0, 0.05) is 12.7 Å². The van der Waals surface area contributed by atoms with Crippen molar-refractivity contribution in [3.05, 3.63) is 59.9 Å². The van der Waals surface area contributed by atoms with Gasteiger partial charge in [-0.05, 0) is 55.8 Å². The van der Waals surface area contributed by atoms with Crippen LogP contribution < -0.4 is 10.1 Å². The van der Waals surface area contributed by atoms with Crippen molar-refractivity contribution in [2.75, 3.05) is 18.9 Å². The number of rotatable bonds is 6. The summed E-state index contributed by atoms with van der Waals surface area (Å²) in [4.78, 5) is 13.6. The number of aliphatic hydroxyl groups is 1. The molecule has 2 N–H and O–H groups in total. The lowest BCUT2D eigenvalue weighted by atomic mass is 10.1. The van der Waals surface area contributed by atoms with E-state index in [2.05, 4.69) is 5.32 Å². The predicted octanol–water partition coefficient (Wildman–Crippen LogP) is 3.81. The number of halogens is 1. The van der Waals surface area contributed by atoms with Crippen LogP contribution in [0.25, 0.3) is 0 Å².